The lowest BCUT2D eigenvalue weighted by molar-refractivity contribution is 0.203. The van der Waals surface area contributed by atoms with E-state index >= 15 is 0 Å². The fraction of sp³-hybridized carbons (Fsp3) is 0.286. The summed E-state index contributed by atoms with van der Waals surface area (Å²) in [6.45, 7) is 3.01. The quantitative estimate of drug-likeness (QED) is 0.713. The summed E-state index contributed by atoms with van der Waals surface area (Å²) in [7, 11) is 0. The third-order valence-electron chi connectivity index (χ3n) is 4.91. The number of pyridine rings is 1. The molecule has 1 saturated heterocycles. The summed E-state index contributed by atoms with van der Waals surface area (Å²) in [5.41, 5.74) is 3.76. The number of rotatable bonds is 4. The van der Waals surface area contributed by atoms with Crippen molar-refractivity contribution in [3.63, 3.8) is 0 Å². The molecule has 2 aromatic heterocycles. The van der Waals surface area contributed by atoms with E-state index in [4.69, 9.17) is 4.98 Å². The summed E-state index contributed by atoms with van der Waals surface area (Å²) in [6, 6.07) is 10.6. The van der Waals surface area contributed by atoms with Gasteiger partial charge in [-0.2, -0.15) is 0 Å². The van der Waals surface area contributed by atoms with Crippen LogP contribution in [0.3, 0.4) is 0 Å². The molecule has 0 spiro atoms. The molecule has 0 atom stereocenters. The van der Waals surface area contributed by atoms with Crippen LogP contribution in [0.5, 0.6) is 0 Å². The zero-order valence-electron chi connectivity index (χ0n) is 14.6. The lowest BCUT2D eigenvalue weighted by Crippen LogP contribution is -2.32. The van der Waals surface area contributed by atoms with Crippen molar-refractivity contribution in [1.29, 1.82) is 0 Å². The third-order valence-corrected chi connectivity index (χ3v) is 4.91. The molecule has 0 unspecified atom stereocenters. The highest BCUT2D eigenvalue weighted by molar-refractivity contribution is 5.58. The molecule has 1 aliphatic heterocycles. The van der Waals surface area contributed by atoms with E-state index in [9.17, 15) is 4.39 Å². The number of piperidine rings is 1. The van der Waals surface area contributed by atoms with Gasteiger partial charge in [-0.3, -0.25) is 14.9 Å². The number of hydrogen-bond acceptors (Lipinski definition) is 4. The zero-order chi connectivity index (χ0) is 17.8. The van der Waals surface area contributed by atoms with Crippen LogP contribution in [-0.4, -0.2) is 32.9 Å². The van der Waals surface area contributed by atoms with Crippen LogP contribution < -0.4 is 0 Å². The van der Waals surface area contributed by atoms with E-state index in [1.165, 1.54) is 17.7 Å². The van der Waals surface area contributed by atoms with Crippen molar-refractivity contribution in [2.75, 3.05) is 13.1 Å². The predicted octanol–water partition coefficient (Wildman–Crippen LogP) is 4.06. The van der Waals surface area contributed by atoms with Gasteiger partial charge in [-0.05, 0) is 49.7 Å². The van der Waals surface area contributed by atoms with Crippen molar-refractivity contribution in [3.05, 3.63) is 78.3 Å². The molecule has 5 heteroatoms. The van der Waals surface area contributed by atoms with Crippen LogP contribution in [0.25, 0.3) is 11.3 Å². The molecule has 0 radical (unpaired) electrons. The summed E-state index contributed by atoms with van der Waals surface area (Å²) in [6.07, 6.45) is 9.41. The third kappa shape index (κ3) is 3.94. The number of nitrogens with zero attached hydrogens (tertiary/aromatic N) is 4. The van der Waals surface area contributed by atoms with Gasteiger partial charge < -0.3 is 0 Å². The SMILES string of the molecule is Fc1cccc(-c2cncc(C3CCN(Cc4cccnc4)CC3)n2)c1. The molecule has 1 fully saturated rings. The molecular weight excluding hydrogens is 327 g/mol. The first-order valence-electron chi connectivity index (χ1n) is 8.97. The van der Waals surface area contributed by atoms with Crippen LogP contribution in [0, 0.1) is 5.82 Å². The molecule has 3 heterocycles. The van der Waals surface area contributed by atoms with E-state index in [-0.39, 0.29) is 5.82 Å². The molecule has 4 nitrogen and oxygen atoms in total. The smallest absolute Gasteiger partial charge is 0.123 e. The van der Waals surface area contributed by atoms with E-state index < -0.39 is 0 Å². The molecule has 0 saturated carbocycles. The molecular formula is C21H21FN4. The molecule has 132 valence electrons. The molecule has 0 amide bonds. The van der Waals surface area contributed by atoms with Crippen molar-refractivity contribution in [2.24, 2.45) is 0 Å². The normalized spacial score (nSPS) is 15.9. The lowest BCUT2D eigenvalue weighted by atomic mass is 9.93. The van der Waals surface area contributed by atoms with E-state index in [1.807, 2.05) is 24.5 Å². The van der Waals surface area contributed by atoms with E-state index in [1.54, 1.807) is 18.5 Å². The summed E-state index contributed by atoms with van der Waals surface area (Å²) < 4.78 is 13.5. The van der Waals surface area contributed by atoms with E-state index in [0.717, 1.165) is 49.4 Å². The van der Waals surface area contributed by atoms with Crippen molar-refractivity contribution in [2.45, 2.75) is 25.3 Å². The van der Waals surface area contributed by atoms with Gasteiger partial charge in [-0.15, -0.1) is 0 Å². The van der Waals surface area contributed by atoms with Crippen molar-refractivity contribution in [3.8, 4) is 11.3 Å². The molecule has 0 bridgehead atoms. The molecule has 1 aromatic carbocycles. The van der Waals surface area contributed by atoms with Crippen molar-refractivity contribution >= 4 is 0 Å². The molecule has 0 aliphatic carbocycles. The minimum atomic E-state index is -0.251. The topological polar surface area (TPSA) is 41.9 Å². The fourth-order valence-corrected chi connectivity index (χ4v) is 3.50. The minimum absolute atomic E-state index is 0.251. The van der Waals surface area contributed by atoms with Gasteiger partial charge in [0.25, 0.3) is 0 Å². The highest BCUT2D eigenvalue weighted by Gasteiger charge is 2.22. The number of benzene rings is 1. The number of hydrogen-bond donors (Lipinski definition) is 0. The van der Waals surface area contributed by atoms with Crippen LogP contribution in [0.15, 0.2) is 61.2 Å². The highest BCUT2D eigenvalue weighted by atomic mass is 19.1. The van der Waals surface area contributed by atoms with Crippen molar-refractivity contribution in [1.82, 2.24) is 19.9 Å². The molecule has 1 aliphatic rings. The Hall–Kier alpha value is -2.66. The van der Waals surface area contributed by atoms with Gasteiger partial charge in [0, 0.05) is 36.6 Å². The Bertz CT molecular complexity index is 861. The Morgan fingerprint density at radius 3 is 2.65 bits per heavy atom. The Kier molecular flexibility index (Phi) is 4.97. The summed E-state index contributed by atoms with van der Waals surface area (Å²) >= 11 is 0. The standard InChI is InChI=1S/C21H21FN4/c22-19-5-1-4-18(11-19)21-14-24-13-20(25-21)17-6-9-26(10-7-17)15-16-3-2-8-23-12-16/h1-5,8,11-14,17H,6-7,9-10,15H2. The number of halogens is 1. The predicted molar refractivity (Wildman–Crippen MR) is 98.9 cm³/mol. The number of likely N-dealkylation sites (tertiary alicyclic amines) is 1. The van der Waals surface area contributed by atoms with Gasteiger partial charge in [0.1, 0.15) is 5.82 Å². The van der Waals surface area contributed by atoms with Crippen molar-refractivity contribution < 1.29 is 4.39 Å². The Morgan fingerprint density at radius 2 is 1.88 bits per heavy atom. The van der Waals surface area contributed by atoms with E-state index in [2.05, 4.69) is 20.9 Å². The highest BCUT2D eigenvalue weighted by Crippen LogP contribution is 2.28. The van der Waals surface area contributed by atoms with Crippen LogP contribution in [0.4, 0.5) is 4.39 Å². The second-order valence-corrected chi connectivity index (χ2v) is 6.75. The fourth-order valence-electron chi connectivity index (χ4n) is 3.50. The van der Waals surface area contributed by atoms with Crippen LogP contribution in [-0.2, 0) is 6.54 Å². The van der Waals surface area contributed by atoms with Gasteiger partial charge >= 0.3 is 0 Å². The second-order valence-electron chi connectivity index (χ2n) is 6.75. The maximum Gasteiger partial charge on any atom is 0.123 e. The zero-order valence-corrected chi connectivity index (χ0v) is 14.6. The maximum absolute atomic E-state index is 13.5. The van der Waals surface area contributed by atoms with E-state index in [0.29, 0.717) is 5.92 Å². The second kappa shape index (κ2) is 7.70. The van der Waals surface area contributed by atoms with Gasteiger partial charge in [-0.25, -0.2) is 9.37 Å². The summed E-state index contributed by atoms with van der Waals surface area (Å²) in [4.78, 5) is 15.7. The average molecular weight is 348 g/mol. The first kappa shape index (κ1) is 16.8. The first-order valence-corrected chi connectivity index (χ1v) is 8.97. The van der Waals surface area contributed by atoms with Gasteiger partial charge in [0.15, 0.2) is 0 Å². The van der Waals surface area contributed by atoms with Crippen LogP contribution in [0.2, 0.25) is 0 Å². The van der Waals surface area contributed by atoms with Gasteiger partial charge in [0.05, 0.1) is 17.6 Å². The van der Waals surface area contributed by atoms with Crippen LogP contribution in [0.1, 0.15) is 30.0 Å². The summed E-state index contributed by atoms with van der Waals surface area (Å²) in [5.74, 6) is 0.152. The molecule has 0 N–H and O–H groups in total. The molecule has 4 rings (SSSR count). The monoisotopic (exact) mass is 348 g/mol. The maximum atomic E-state index is 13.5. The average Bonchev–Trinajstić information content (AvgIpc) is 2.69. The minimum Gasteiger partial charge on any atom is -0.299 e. The largest absolute Gasteiger partial charge is 0.299 e. The Morgan fingerprint density at radius 1 is 1.00 bits per heavy atom. The van der Waals surface area contributed by atoms with Gasteiger partial charge in [0.2, 0.25) is 0 Å². The molecule has 26 heavy (non-hydrogen) atoms. The van der Waals surface area contributed by atoms with Gasteiger partial charge in [-0.1, -0.05) is 18.2 Å². The first-order chi connectivity index (χ1) is 12.8. The lowest BCUT2D eigenvalue weighted by Gasteiger charge is -2.31. The number of aromatic nitrogens is 3. The Balaban J connectivity index is 1.42. The Labute approximate surface area is 152 Å². The van der Waals surface area contributed by atoms with Crippen LogP contribution >= 0.6 is 0 Å². The molecule has 3 aromatic rings. The summed E-state index contributed by atoms with van der Waals surface area (Å²) in [5, 5.41) is 0.